The minimum absolute atomic E-state index is 0.0498. The second-order valence-corrected chi connectivity index (χ2v) is 6.66. The first-order valence-corrected chi connectivity index (χ1v) is 8.28. The fraction of sp³-hybridized carbons (Fsp3) is 0.333. The van der Waals surface area contributed by atoms with Crippen molar-refractivity contribution in [3.63, 3.8) is 0 Å². The van der Waals surface area contributed by atoms with E-state index in [0.717, 1.165) is 29.5 Å². The summed E-state index contributed by atoms with van der Waals surface area (Å²) in [7, 11) is 0. The van der Waals surface area contributed by atoms with Crippen molar-refractivity contribution < 1.29 is 0 Å². The standard InChI is InChI=1S/C15H14N2OS2/c1-3-8-17-14(18)12-10-6-5-7-11(10)20-13(12)16-15(17)19-9-4-2/h2-3H,1,5-9H2. The van der Waals surface area contributed by atoms with Gasteiger partial charge in [0, 0.05) is 11.4 Å². The van der Waals surface area contributed by atoms with Crippen LogP contribution in [0.2, 0.25) is 0 Å². The Balaban J connectivity index is 2.24. The Hall–Kier alpha value is -1.51. The number of fused-ring (bicyclic) bond motifs is 3. The van der Waals surface area contributed by atoms with Crippen LogP contribution in [-0.4, -0.2) is 15.3 Å². The maximum atomic E-state index is 12.7. The number of thioether (sulfide) groups is 1. The molecule has 20 heavy (non-hydrogen) atoms. The molecular formula is C15H14N2OS2. The van der Waals surface area contributed by atoms with Gasteiger partial charge in [-0.15, -0.1) is 24.3 Å². The van der Waals surface area contributed by atoms with Crippen molar-refractivity contribution in [2.75, 3.05) is 5.75 Å². The van der Waals surface area contributed by atoms with E-state index in [-0.39, 0.29) is 5.56 Å². The summed E-state index contributed by atoms with van der Waals surface area (Å²) >= 11 is 3.09. The van der Waals surface area contributed by atoms with Crippen LogP contribution in [-0.2, 0) is 19.4 Å². The molecule has 0 amide bonds. The highest BCUT2D eigenvalue weighted by Crippen LogP contribution is 2.35. The van der Waals surface area contributed by atoms with E-state index in [1.54, 1.807) is 22.0 Å². The molecule has 0 aliphatic heterocycles. The molecule has 3 rings (SSSR count). The first-order chi connectivity index (χ1) is 9.76. The van der Waals surface area contributed by atoms with Crippen LogP contribution >= 0.6 is 23.1 Å². The van der Waals surface area contributed by atoms with Gasteiger partial charge in [-0.25, -0.2) is 4.98 Å². The Bertz CT molecular complexity index is 780. The van der Waals surface area contributed by atoms with E-state index in [1.165, 1.54) is 22.2 Å². The highest BCUT2D eigenvalue weighted by molar-refractivity contribution is 7.99. The van der Waals surface area contributed by atoms with Gasteiger partial charge in [0.25, 0.3) is 5.56 Å². The van der Waals surface area contributed by atoms with Crippen LogP contribution in [0.25, 0.3) is 10.2 Å². The summed E-state index contributed by atoms with van der Waals surface area (Å²) in [6.07, 6.45) is 10.2. The lowest BCUT2D eigenvalue weighted by Crippen LogP contribution is -2.22. The van der Waals surface area contributed by atoms with Gasteiger partial charge >= 0.3 is 0 Å². The van der Waals surface area contributed by atoms with E-state index in [1.807, 2.05) is 0 Å². The van der Waals surface area contributed by atoms with Crippen LogP contribution in [0.1, 0.15) is 16.9 Å². The second kappa shape index (κ2) is 5.47. The summed E-state index contributed by atoms with van der Waals surface area (Å²) in [6.45, 7) is 4.20. The zero-order chi connectivity index (χ0) is 14.1. The molecule has 0 unspecified atom stereocenters. The second-order valence-electron chi connectivity index (χ2n) is 4.63. The molecule has 3 nitrogen and oxygen atoms in total. The summed E-state index contributed by atoms with van der Waals surface area (Å²) in [5.74, 6) is 3.09. The number of thiophene rings is 1. The topological polar surface area (TPSA) is 34.9 Å². The minimum atomic E-state index is 0.0498. The lowest BCUT2D eigenvalue weighted by Gasteiger charge is -2.09. The van der Waals surface area contributed by atoms with Gasteiger partial charge in [-0.3, -0.25) is 9.36 Å². The molecule has 0 fully saturated rings. The van der Waals surface area contributed by atoms with E-state index in [9.17, 15) is 4.79 Å². The van der Waals surface area contributed by atoms with E-state index < -0.39 is 0 Å². The third-order valence-corrected chi connectivity index (χ3v) is 5.45. The molecule has 2 aromatic rings. The van der Waals surface area contributed by atoms with Gasteiger partial charge in [-0.05, 0) is 24.8 Å². The maximum Gasteiger partial charge on any atom is 0.263 e. The van der Waals surface area contributed by atoms with E-state index in [4.69, 9.17) is 6.42 Å². The summed E-state index contributed by atoms with van der Waals surface area (Å²) < 4.78 is 1.68. The molecule has 2 heterocycles. The summed E-state index contributed by atoms with van der Waals surface area (Å²) in [5.41, 5.74) is 1.27. The van der Waals surface area contributed by atoms with E-state index in [0.29, 0.717) is 17.5 Å². The molecule has 0 radical (unpaired) electrons. The van der Waals surface area contributed by atoms with Crippen molar-refractivity contribution in [2.45, 2.75) is 31.0 Å². The van der Waals surface area contributed by atoms with Gasteiger partial charge in [0.2, 0.25) is 0 Å². The van der Waals surface area contributed by atoms with Gasteiger partial charge in [0.15, 0.2) is 5.16 Å². The minimum Gasteiger partial charge on any atom is -0.283 e. The van der Waals surface area contributed by atoms with Crippen molar-refractivity contribution in [2.24, 2.45) is 0 Å². The molecule has 5 heteroatoms. The Labute approximate surface area is 125 Å². The lowest BCUT2D eigenvalue weighted by molar-refractivity contribution is 0.673. The molecule has 0 aromatic carbocycles. The number of rotatable bonds is 4. The zero-order valence-electron chi connectivity index (χ0n) is 11.0. The fourth-order valence-corrected chi connectivity index (χ4v) is 4.56. The van der Waals surface area contributed by atoms with E-state index in [2.05, 4.69) is 17.5 Å². The van der Waals surface area contributed by atoms with Gasteiger partial charge < -0.3 is 0 Å². The number of terminal acetylenes is 1. The largest absolute Gasteiger partial charge is 0.283 e. The van der Waals surface area contributed by atoms with Gasteiger partial charge in [-0.1, -0.05) is 23.8 Å². The fourth-order valence-electron chi connectivity index (χ4n) is 2.56. The van der Waals surface area contributed by atoms with Crippen molar-refractivity contribution in [1.29, 1.82) is 0 Å². The third kappa shape index (κ3) is 2.09. The quantitative estimate of drug-likeness (QED) is 0.377. The number of hydrogen-bond acceptors (Lipinski definition) is 4. The smallest absolute Gasteiger partial charge is 0.263 e. The van der Waals surface area contributed by atoms with Gasteiger partial charge in [0.1, 0.15) is 4.83 Å². The molecule has 2 aromatic heterocycles. The van der Waals surface area contributed by atoms with Crippen LogP contribution in [0.15, 0.2) is 22.6 Å². The van der Waals surface area contributed by atoms with Gasteiger partial charge in [-0.2, -0.15) is 0 Å². The summed E-state index contributed by atoms with van der Waals surface area (Å²) in [5, 5.41) is 1.51. The molecule has 0 saturated heterocycles. The molecular weight excluding hydrogens is 288 g/mol. The van der Waals surface area contributed by atoms with E-state index >= 15 is 0 Å². The van der Waals surface area contributed by atoms with Crippen molar-refractivity contribution in [1.82, 2.24) is 9.55 Å². The molecule has 0 bridgehead atoms. The first-order valence-electron chi connectivity index (χ1n) is 6.48. The SMILES string of the molecule is C#CCSc1nc2sc3c(c2c(=O)n1CC=C)CCC3. The molecule has 0 N–H and O–H groups in total. The van der Waals surface area contributed by atoms with Crippen LogP contribution < -0.4 is 5.56 Å². The molecule has 102 valence electrons. The number of aryl methyl sites for hydroxylation is 2. The lowest BCUT2D eigenvalue weighted by atomic mass is 10.2. The maximum absolute atomic E-state index is 12.7. The number of hydrogen-bond donors (Lipinski definition) is 0. The average Bonchev–Trinajstić information content (AvgIpc) is 3.00. The molecule has 0 spiro atoms. The van der Waals surface area contributed by atoms with Crippen molar-refractivity contribution in [3.05, 3.63) is 33.4 Å². The van der Waals surface area contributed by atoms with Crippen LogP contribution in [0.3, 0.4) is 0 Å². The predicted octanol–water partition coefficient (Wildman–Crippen LogP) is 2.86. The molecule has 1 aliphatic rings. The first kappa shape index (κ1) is 13.5. The van der Waals surface area contributed by atoms with Gasteiger partial charge in [0.05, 0.1) is 11.1 Å². The number of nitrogens with zero attached hydrogens (tertiary/aromatic N) is 2. The third-order valence-electron chi connectivity index (χ3n) is 3.39. The Morgan fingerprint density at radius 3 is 3.15 bits per heavy atom. The monoisotopic (exact) mass is 302 g/mol. The summed E-state index contributed by atoms with van der Waals surface area (Å²) in [4.78, 5) is 19.6. The normalized spacial score (nSPS) is 13.3. The Kier molecular flexibility index (Phi) is 3.68. The molecule has 1 aliphatic carbocycles. The number of allylic oxidation sites excluding steroid dienone is 1. The number of aromatic nitrogens is 2. The Morgan fingerprint density at radius 1 is 1.55 bits per heavy atom. The summed E-state index contributed by atoms with van der Waals surface area (Å²) in [6, 6.07) is 0. The van der Waals surface area contributed by atoms with Crippen LogP contribution in [0, 0.1) is 12.3 Å². The van der Waals surface area contributed by atoms with Crippen LogP contribution in [0.5, 0.6) is 0 Å². The van der Waals surface area contributed by atoms with Crippen molar-refractivity contribution in [3.8, 4) is 12.3 Å². The zero-order valence-corrected chi connectivity index (χ0v) is 12.6. The van der Waals surface area contributed by atoms with Crippen molar-refractivity contribution >= 4 is 33.3 Å². The Morgan fingerprint density at radius 2 is 2.40 bits per heavy atom. The highest BCUT2D eigenvalue weighted by atomic mass is 32.2. The predicted molar refractivity (Wildman–Crippen MR) is 85.7 cm³/mol. The van der Waals surface area contributed by atoms with Crippen LogP contribution in [0.4, 0.5) is 0 Å². The highest BCUT2D eigenvalue weighted by Gasteiger charge is 2.22. The molecule has 0 saturated carbocycles. The average molecular weight is 302 g/mol. The molecule has 0 atom stereocenters.